The molecule has 1 aromatic rings. The molecule has 0 saturated carbocycles. The Hall–Kier alpha value is -2.08. The van der Waals surface area contributed by atoms with Gasteiger partial charge in [0.2, 0.25) is 5.91 Å². The maximum absolute atomic E-state index is 12.1. The first-order valence-electron chi connectivity index (χ1n) is 7.12. The number of rotatable bonds is 6. The fourth-order valence-corrected chi connectivity index (χ4v) is 1.78. The van der Waals surface area contributed by atoms with Gasteiger partial charge in [-0.05, 0) is 26.3 Å². The average Bonchev–Trinajstić information content (AvgIpc) is 2.43. The highest BCUT2D eigenvalue weighted by Crippen LogP contribution is 2.08. The minimum Gasteiger partial charge on any atom is -0.444 e. The molecule has 0 aliphatic carbocycles. The molecule has 0 spiro atoms. The van der Waals surface area contributed by atoms with Crippen molar-refractivity contribution in [1.82, 2.24) is 10.6 Å². The molecular weight excluding hydrogens is 284 g/mol. The van der Waals surface area contributed by atoms with E-state index in [2.05, 4.69) is 10.6 Å². The van der Waals surface area contributed by atoms with E-state index in [9.17, 15) is 9.59 Å². The van der Waals surface area contributed by atoms with Crippen molar-refractivity contribution in [3.05, 3.63) is 35.9 Å². The molecule has 0 saturated heterocycles. The Morgan fingerprint density at radius 2 is 1.82 bits per heavy atom. The molecule has 0 aromatic heterocycles. The van der Waals surface area contributed by atoms with Crippen LogP contribution < -0.4 is 10.6 Å². The number of amides is 2. The summed E-state index contributed by atoms with van der Waals surface area (Å²) in [4.78, 5) is 24.0. The van der Waals surface area contributed by atoms with Crippen molar-refractivity contribution in [3.8, 4) is 0 Å². The van der Waals surface area contributed by atoms with Crippen LogP contribution in [0.4, 0.5) is 4.79 Å². The number of hydrogen-bond donors (Lipinski definition) is 2. The summed E-state index contributed by atoms with van der Waals surface area (Å²) in [6.07, 6.45) is -0.253. The van der Waals surface area contributed by atoms with Crippen molar-refractivity contribution < 1.29 is 19.1 Å². The van der Waals surface area contributed by atoms with Crippen molar-refractivity contribution in [3.63, 3.8) is 0 Å². The predicted octanol–water partition coefficient (Wildman–Crippen LogP) is 1.84. The summed E-state index contributed by atoms with van der Waals surface area (Å²) in [5.41, 5.74) is 0.320. The highest BCUT2D eigenvalue weighted by molar-refractivity contribution is 5.85. The summed E-state index contributed by atoms with van der Waals surface area (Å²) >= 11 is 0. The molecule has 2 amide bonds. The van der Waals surface area contributed by atoms with E-state index in [0.29, 0.717) is 6.42 Å². The molecule has 6 heteroatoms. The molecule has 2 N–H and O–H groups in total. The van der Waals surface area contributed by atoms with E-state index in [0.717, 1.165) is 5.56 Å². The van der Waals surface area contributed by atoms with Crippen molar-refractivity contribution >= 4 is 12.0 Å². The lowest BCUT2D eigenvalue weighted by atomic mass is 10.1. The van der Waals surface area contributed by atoms with Gasteiger partial charge in [-0.2, -0.15) is 0 Å². The van der Waals surface area contributed by atoms with Crippen LogP contribution in [0.3, 0.4) is 0 Å². The normalized spacial score (nSPS) is 12.4. The standard InChI is InChI=1S/C16H24N2O4/c1-16(2,3)22-15(20)18-13(14(19)17-11-21-4)10-12-8-6-5-7-9-12/h5-9,13H,10-11H2,1-4H3,(H,17,19)(H,18,20)/t13-/m1/s1. The van der Waals surface area contributed by atoms with E-state index in [-0.39, 0.29) is 12.6 Å². The smallest absolute Gasteiger partial charge is 0.408 e. The Kier molecular flexibility index (Phi) is 6.85. The van der Waals surface area contributed by atoms with E-state index in [1.807, 2.05) is 30.3 Å². The lowest BCUT2D eigenvalue weighted by Crippen LogP contribution is -2.49. The van der Waals surface area contributed by atoms with E-state index >= 15 is 0 Å². The number of carbonyl (C=O) groups excluding carboxylic acids is 2. The van der Waals surface area contributed by atoms with Crippen LogP contribution in [0.25, 0.3) is 0 Å². The average molecular weight is 308 g/mol. The van der Waals surface area contributed by atoms with E-state index < -0.39 is 17.7 Å². The Labute approximate surface area is 131 Å². The molecule has 1 aromatic carbocycles. The highest BCUT2D eigenvalue weighted by Gasteiger charge is 2.24. The molecule has 0 aliphatic heterocycles. The number of methoxy groups -OCH3 is 1. The molecule has 122 valence electrons. The Balaban J connectivity index is 2.73. The lowest BCUT2D eigenvalue weighted by Gasteiger charge is -2.23. The third-order valence-electron chi connectivity index (χ3n) is 2.68. The minimum absolute atomic E-state index is 0.0835. The van der Waals surface area contributed by atoms with Gasteiger partial charge in [0.1, 0.15) is 18.4 Å². The molecule has 0 bridgehead atoms. The number of hydrogen-bond acceptors (Lipinski definition) is 4. The molecule has 6 nitrogen and oxygen atoms in total. The van der Waals surface area contributed by atoms with E-state index in [4.69, 9.17) is 9.47 Å². The van der Waals surface area contributed by atoms with Crippen LogP contribution in [0.15, 0.2) is 30.3 Å². The topological polar surface area (TPSA) is 76.7 Å². The summed E-state index contributed by atoms with van der Waals surface area (Å²) in [6, 6.07) is 8.72. The third-order valence-corrected chi connectivity index (χ3v) is 2.68. The first-order valence-corrected chi connectivity index (χ1v) is 7.12. The molecule has 0 unspecified atom stereocenters. The molecule has 22 heavy (non-hydrogen) atoms. The number of nitrogens with one attached hydrogen (secondary N) is 2. The van der Waals surface area contributed by atoms with Crippen LogP contribution in [0.1, 0.15) is 26.3 Å². The molecule has 0 radical (unpaired) electrons. The van der Waals surface area contributed by atoms with Crippen LogP contribution >= 0.6 is 0 Å². The van der Waals surface area contributed by atoms with Crippen molar-refractivity contribution in [2.75, 3.05) is 13.8 Å². The maximum atomic E-state index is 12.1. The van der Waals surface area contributed by atoms with Crippen LogP contribution in [0, 0.1) is 0 Å². The van der Waals surface area contributed by atoms with Gasteiger partial charge < -0.3 is 20.1 Å². The Morgan fingerprint density at radius 1 is 1.18 bits per heavy atom. The van der Waals surface area contributed by atoms with Crippen LogP contribution in [0.2, 0.25) is 0 Å². The summed E-state index contributed by atoms with van der Waals surface area (Å²) in [5.74, 6) is -0.323. The second-order valence-electron chi connectivity index (χ2n) is 5.86. The maximum Gasteiger partial charge on any atom is 0.408 e. The van der Waals surface area contributed by atoms with Gasteiger partial charge in [-0.15, -0.1) is 0 Å². The summed E-state index contributed by atoms with van der Waals surface area (Å²) in [7, 11) is 1.48. The van der Waals surface area contributed by atoms with Crippen molar-refractivity contribution in [2.45, 2.75) is 38.8 Å². The monoisotopic (exact) mass is 308 g/mol. The van der Waals surface area contributed by atoms with E-state index in [1.54, 1.807) is 20.8 Å². The predicted molar refractivity (Wildman–Crippen MR) is 83.3 cm³/mol. The molecule has 1 rings (SSSR count). The first kappa shape index (κ1) is 18.0. The summed E-state index contributed by atoms with van der Waals surface area (Å²) < 4.78 is 10.0. The van der Waals surface area contributed by atoms with Gasteiger partial charge in [0.05, 0.1) is 0 Å². The number of ether oxygens (including phenoxy) is 2. The highest BCUT2D eigenvalue weighted by atomic mass is 16.6. The van der Waals surface area contributed by atoms with Gasteiger partial charge in [0.25, 0.3) is 0 Å². The largest absolute Gasteiger partial charge is 0.444 e. The summed E-state index contributed by atoms with van der Waals surface area (Å²) in [5, 5.41) is 5.19. The SMILES string of the molecule is COCNC(=O)[C@@H](Cc1ccccc1)NC(=O)OC(C)(C)C. The number of alkyl carbamates (subject to hydrolysis) is 1. The molecule has 0 aliphatic rings. The molecule has 1 atom stereocenters. The zero-order valence-electron chi connectivity index (χ0n) is 13.5. The van der Waals surface area contributed by atoms with Gasteiger partial charge in [-0.1, -0.05) is 30.3 Å². The van der Waals surface area contributed by atoms with Gasteiger partial charge in [0.15, 0.2) is 0 Å². The Bertz CT molecular complexity index is 483. The van der Waals surface area contributed by atoms with Gasteiger partial charge in [0, 0.05) is 13.5 Å². The van der Waals surface area contributed by atoms with Crippen molar-refractivity contribution in [1.29, 1.82) is 0 Å². The molecule has 0 heterocycles. The van der Waals surface area contributed by atoms with Crippen molar-refractivity contribution in [2.24, 2.45) is 0 Å². The summed E-state index contributed by atoms with van der Waals surface area (Å²) in [6.45, 7) is 5.39. The fraction of sp³-hybridized carbons (Fsp3) is 0.500. The zero-order valence-corrected chi connectivity index (χ0v) is 13.5. The number of carbonyl (C=O) groups is 2. The third kappa shape index (κ3) is 7.08. The van der Waals surface area contributed by atoms with Gasteiger partial charge >= 0.3 is 6.09 Å². The quantitative estimate of drug-likeness (QED) is 0.786. The molecular formula is C16H24N2O4. The van der Waals surface area contributed by atoms with Crippen LogP contribution in [0.5, 0.6) is 0 Å². The minimum atomic E-state index is -0.729. The second-order valence-corrected chi connectivity index (χ2v) is 5.86. The van der Waals surface area contributed by atoms with Crippen LogP contribution in [-0.4, -0.2) is 37.5 Å². The lowest BCUT2D eigenvalue weighted by molar-refractivity contribution is -0.124. The van der Waals surface area contributed by atoms with E-state index in [1.165, 1.54) is 7.11 Å². The zero-order chi connectivity index (χ0) is 16.6. The van der Waals surface area contributed by atoms with Gasteiger partial charge in [-0.3, -0.25) is 4.79 Å². The molecule has 0 fully saturated rings. The van der Waals surface area contributed by atoms with Gasteiger partial charge in [-0.25, -0.2) is 4.79 Å². The fourth-order valence-electron chi connectivity index (χ4n) is 1.78. The first-order chi connectivity index (χ1) is 10.3. The number of benzene rings is 1. The van der Waals surface area contributed by atoms with Crippen LogP contribution in [-0.2, 0) is 20.7 Å². The second kappa shape index (κ2) is 8.38. The Morgan fingerprint density at radius 3 is 2.36 bits per heavy atom.